The molecule has 0 aromatic carbocycles. The van der Waals surface area contributed by atoms with Gasteiger partial charge < -0.3 is 10.2 Å². The van der Waals surface area contributed by atoms with Gasteiger partial charge in [-0.05, 0) is 23.3 Å². The van der Waals surface area contributed by atoms with Crippen LogP contribution in [0, 0.1) is 0 Å². The third kappa shape index (κ3) is 1.09. The van der Waals surface area contributed by atoms with Gasteiger partial charge in [-0.2, -0.15) is 0 Å². The Morgan fingerprint density at radius 1 is 1.33 bits per heavy atom. The summed E-state index contributed by atoms with van der Waals surface area (Å²) in [5, 5.41) is 29.6. The van der Waals surface area contributed by atoms with E-state index in [-0.39, 0.29) is 5.82 Å². The van der Waals surface area contributed by atoms with Crippen LogP contribution in [0.1, 0.15) is 25.1 Å². The summed E-state index contributed by atoms with van der Waals surface area (Å²) in [5.41, 5.74) is 0. The van der Waals surface area contributed by atoms with E-state index >= 15 is 0 Å². The van der Waals surface area contributed by atoms with Crippen LogP contribution >= 0.6 is 0 Å². The largest absolute Gasteiger partial charge is 0.359 e. The standard InChI is InChI=1S/C6H10N4O2/c11-6(12)3-1-2-4-10-5(6)7-8-9-10/h11-12H,1-4H2. The molecule has 66 valence electrons. The lowest BCUT2D eigenvalue weighted by Crippen LogP contribution is -2.27. The summed E-state index contributed by atoms with van der Waals surface area (Å²) < 4.78 is 1.44. The van der Waals surface area contributed by atoms with Gasteiger partial charge in [-0.3, -0.25) is 0 Å². The first kappa shape index (κ1) is 7.63. The highest BCUT2D eigenvalue weighted by Gasteiger charge is 2.33. The van der Waals surface area contributed by atoms with Gasteiger partial charge in [-0.1, -0.05) is 0 Å². The predicted molar refractivity (Wildman–Crippen MR) is 37.8 cm³/mol. The zero-order chi connectivity index (χ0) is 8.60. The summed E-state index contributed by atoms with van der Waals surface area (Å²) in [4.78, 5) is 0. The molecule has 0 saturated carbocycles. The summed E-state index contributed by atoms with van der Waals surface area (Å²) in [6.45, 7) is 0.658. The average Bonchev–Trinajstić information content (AvgIpc) is 2.42. The molecule has 0 radical (unpaired) electrons. The van der Waals surface area contributed by atoms with Crippen molar-refractivity contribution >= 4 is 0 Å². The van der Waals surface area contributed by atoms with Crippen LogP contribution in [-0.4, -0.2) is 30.4 Å². The number of aliphatic hydroxyl groups is 2. The molecule has 0 aliphatic carbocycles. The second-order valence-corrected chi connectivity index (χ2v) is 3.00. The second-order valence-electron chi connectivity index (χ2n) is 3.00. The predicted octanol–water partition coefficient (Wildman–Crippen LogP) is -1.01. The van der Waals surface area contributed by atoms with Crippen molar-refractivity contribution in [2.24, 2.45) is 0 Å². The van der Waals surface area contributed by atoms with Crippen molar-refractivity contribution in [3.8, 4) is 0 Å². The minimum Gasteiger partial charge on any atom is -0.359 e. The zero-order valence-corrected chi connectivity index (χ0v) is 6.51. The molecule has 0 amide bonds. The van der Waals surface area contributed by atoms with Crippen LogP contribution in [0.15, 0.2) is 0 Å². The normalized spacial score (nSPS) is 21.5. The maximum Gasteiger partial charge on any atom is 0.227 e. The third-order valence-electron chi connectivity index (χ3n) is 2.04. The van der Waals surface area contributed by atoms with Crippen LogP contribution in [0.3, 0.4) is 0 Å². The molecule has 0 unspecified atom stereocenters. The van der Waals surface area contributed by atoms with Crippen LogP contribution in [0.25, 0.3) is 0 Å². The molecular weight excluding hydrogens is 160 g/mol. The van der Waals surface area contributed by atoms with E-state index in [0.29, 0.717) is 13.0 Å². The van der Waals surface area contributed by atoms with E-state index < -0.39 is 5.79 Å². The number of rotatable bonds is 0. The summed E-state index contributed by atoms with van der Waals surface area (Å²) in [6.07, 6.45) is 1.94. The molecule has 1 aliphatic heterocycles. The van der Waals surface area contributed by atoms with Crippen molar-refractivity contribution in [1.82, 2.24) is 20.2 Å². The molecule has 0 bridgehead atoms. The van der Waals surface area contributed by atoms with E-state index in [9.17, 15) is 10.2 Å². The molecule has 1 aromatic rings. The average molecular weight is 170 g/mol. The van der Waals surface area contributed by atoms with Crippen LogP contribution in [0.2, 0.25) is 0 Å². The molecule has 0 saturated heterocycles. The smallest absolute Gasteiger partial charge is 0.227 e. The van der Waals surface area contributed by atoms with Gasteiger partial charge in [0.2, 0.25) is 11.6 Å². The van der Waals surface area contributed by atoms with Gasteiger partial charge in [0.1, 0.15) is 0 Å². The first-order valence-electron chi connectivity index (χ1n) is 3.91. The maximum absolute atomic E-state index is 9.49. The monoisotopic (exact) mass is 170 g/mol. The third-order valence-corrected chi connectivity index (χ3v) is 2.04. The number of hydrogen-bond donors (Lipinski definition) is 2. The minimum atomic E-state index is -1.85. The molecular formula is C6H10N4O2. The van der Waals surface area contributed by atoms with Crippen molar-refractivity contribution in [2.45, 2.75) is 31.6 Å². The Hall–Kier alpha value is -1.01. The van der Waals surface area contributed by atoms with Crippen LogP contribution in [-0.2, 0) is 12.3 Å². The van der Waals surface area contributed by atoms with E-state index in [1.54, 1.807) is 0 Å². The number of nitrogens with zero attached hydrogens (tertiary/aromatic N) is 4. The summed E-state index contributed by atoms with van der Waals surface area (Å²) >= 11 is 0. The molecule has 6 nitrogen and oxygen atoms in total. The first-order chi connectivity index (χ1) is 5.70. The summed E-state index contributed by atoms with van der Waals surface area (Å²) in [7, 11) is 0. The second kappa shape index (κ2) is 2.49. The molecule has 2 heterocycles. The van der Waals surface area contributed by atoms with Gasteiger partial charge in [0, 0.05) is 13.0 Å². The van der Waals surface area contributed by atoms with Gasteiger partial charge in [-0.25, -0.2) is 4.68 Å². The Morgan fingerprint density at radius 2 is 2.17 bits per heavy atom. The van der Waals surface area contributed by atoms with Crippen molar-refractivity contribution < 1.29 is 10.2 Å². The van der Waals surface area contributed by atoms with Crippen LogP contribution in [0.5, 0.6) is 0 Å². The highest BCUT2D eigenvalue weighted by atomic mass is 16.5. The summed E-state index contributed by atoms with van der Waals surface area (Å²) in [6, 6.07) is 0. The van der Waals surface area contributed by atoms with Gasteiger partial charge >= 0.3 is 0 Å². The molecule has 0 fully saturated rings. The van der Waals surface area contributed by atoms with E-state index in [1.807, 2.05) is 0 Å². The van der Waals surface area contributed by atoms with E-state index in [2.05, 4.69) is 15.5 Å². The molecule has 2 N–H and O–H groups in total. The van der Waals surface area contributed by atoms with Gasteiger partial charge in [0.05, 0.1) is 0 Å². The van der Waals surface area contributed by atoms with Gasteiger partial charge in [-0.15, -0.1) is 5.10 Å². The van der Waals surface area contributed by atoms with Crippen LogP contribution < -0.4 is 0 Å². The fourth-order valence-electron chi connectivity index (χ4n) is 1.39. The van der Waals surface area contributed by atoms with E-state index in [0.717, 1.165) is 12.8 Å². The Labute approximate surface area is 68.8 Å². The van der Waals surface area contributed by atoms with Gasteiger partial charge in [0.25, 0.3) is 0 Å². The number of aromatic nitrogens is 4. The van der Waals surface area contributed by atoms with E-state index in [4.69, 9.17) is 0 Å². The van der Waals surface area contributed by atoms with Crippen molar-refractivity contribution in [3.05, 3.63) is 5.82 Å². The Kier molecular flexibility index (Phi) is 1.59. The molecule has 1 aromatic heterocycles. The van der Waals surface area contributed by atoms with Crippen molar-refractivity contribution in [1.29, 1.82) is 0 Å². The number of tetrazole rings is 1. The first-order valence-corrected chi connectivity index (χ1v) is 3.91. The highest BCUT2D eigenvalue weighted by molar-refractivity contribution is 4.93. The Balaban J connectivity index is 2.43. The maximum atomic E-state index is 9.49. The minimum absolute atomic E-state index is 0.153. The fraction of sp³-hybridized carbons (Fsp3) is 0.833. The lowest BCUT2D eigenvalue weighted by Gasteiger charge is -2.16. The topological polar surface area (TPSA) is 84.1 Å². The SMILES string of the molecule is OC1(O)CCCCn2nnnc21. The molecule has 6 heteroatoms. The zero-order valence-electron chi connectivity index (χ0n) is 6.51. The molecule has 0 spiro atoms. The van der Waals surface area contributed by atoms with Crippen LogP contribution in [0.4, 0.5) is 0 Å². The Morgan fingerprint density at radius 3 is 3.00 bits per heavy atom. The highest BCUT2D eigenvalue weighted by Crippen LogP contribution is 2.24. The molecule has 12 heavy (non-hydrogen) atoms. The van der Waals surface area contributed by atoms with Gasteiger partial charge in [0.15, 0.2) is 0 Å². The van der Waals surface area contributed by atoms with Crippen molar-refractivity contribution in [3.63, 3.8) is 0 Å². The molecule has 0 atom stereocenters. The Bertz CT molecular complexity index is 283. The number of hydrogen-bond acceptors (Lipinski definition) is 5. The lowest BCUT2D eigenvalue weighted by molar-refractivity contribution is -0.181. The quantitative estimate of drug-likeness (QED) is 0.487. The number of aryl methyl sites for hydroxylation is 1. The van der Waals surface area contributed by atoms with Crippen molar-refractivity contribution in [2.75, 3.05) is 0 Å². The lowest BCUT2D eigenvalue weighted by atomic mass is 10.1. The number of fused-ring (bicyclic) bond motifs is 1. The summed E-state index contributed by atoms with van der Waals surface area (Å²) in [5.74, 6) is -1.69. The fourth-order valence-corrected chi connectivity index (χ4v) is 1.39. The molecule has 1 aliphatic rings. The molecule has 2 rings (SSSR count). The van der Waals surface area contributed by atoms with E-state index in [1.165, 1.54) is 4.68 Å².